The average molecular weight is 297 g/mol. The van der Waals surface area contributed by atoms with Gasteiger partial charge in [0.05, 0.1) is 5.56 Å². The molecular formula is C14H14Cl2N2O. The number of ether oxygens (including phenoxy) is 1. The summed E-state index contributed by atoms with van der Waals surface area (Å²) in [5.74, 6) is 1.34. The molecular weight excluding hydrogens is 283 g/mol. The fraction of sp³-hybridized carbons (Fsp3) is 0.286. The quantitative estimate of drug-likeness (QED) is 0.747. The number of rotatable bonds is 3. The molecule has 0 N–H and O–H groups in total. The van der Waals surface area contributed by atoms with Gasteiger partial charge in [-0.2, -0.15) is 0 Å². The Kier molecular flexibility index (Phi) is 4.27. The van der Waals surface area contributed by atoms with Gasteiger partial charge in [0.15, 0.2) is 0 Å². The zero-order valence-electron chi connectivity index (χ0n) is 10.9. The van der Waals surface area contributed by atoms with Crippen molar-refractivity contribution < 1.29 is 4.74 Å². The van der Waals surface area contributed by atoms with Gasteiger partial charge in [0.1, 0.15) is 17.2 Å². The molecule has 0 fully saturated rings. The lowest BCUT2D eigenvalue weighted by atomic mass is 10.1. The summed E-state index contributed by atoms with van der Waals surface area (Å²) in [4.78, 5) is 8.14. The number of hydrogen-bond donors (Lipinski definition) is 0. The van der Waals surface area contributed by atoms with E-state index in [9.17, 15) is 0 Å². The lowest BCUT2D eigenvalue weighted by Crippen LogP contribution is -1.99. The Bertz CT molecular complexity index is 600. The van der Waals surface area contributed by atoms with Gasteiger partial charge < -0.3 is 4.74 Å². The predicted octanol–water partition coefficient (Wildman–Crippen LogP) is 5.01. The first-order valence-electron chi connectivity index (χ1n) is 5.93. The maximum absolute atomic E-state index is 6.09. The standard InChI is InChI=1S/C14H14Cl2N2O/c1-8(2)12-13(16)17-7-18-14(12)19-10-4-5-11(15)9(3)6-10/h4-8H,1-3H3. The van der Waals surface area contributed by atoms with E-state index in [-0.39, 0.29) is 5.92 Å². The van der Waals surface area contributed by atoms with E-state index in [1.807, 2.05) is 26.8 Å². The summed E-state index contributed by atoms with van der Waals surface area (Å²) in [6.07, 6.45) is 1.40. The van der Waals surface area contributed by atoms with Crippen molar-refractivity contribution in [3.63, 3.8) is 0 Å². The van der Waals surface area contributed by atoms with Gasteiger partial charge in [0.25, 0.3) is 0 Å². The van der Waals surface area contributed by atoms with E-state index < -0.39 is 0 Å². The summed E-state index contributed by atoms with van der Waals surface area (Å²) < 4.78 is 5.79. The first-order chi connectivity index (χ1) is 8.99. The first-order valence-corrected chi connectivity index (χ1v) is 6.69. The molecule has 1 heterocycles. The van der Waals surface area contributed by atoms with Gasteiger partial charge in [0, 0.05) is 5.02 Å². The van der Waals surface area contributed by atoms with Gasteiger partial charge >= 0.3 is 0 Å². The van der Waals surface area contributed by atoms with Gasteiger partial charge in [-0.25, -0.2) is 9.97 Å². The molecule has 0 aliphatic heterocycles. The Hall–Kier alpha value is -1.32. The molecule has 0 atom stereocenters. The van der Waals surface area contributed by atoms with Crippen molar-refractivity contribution >= 4 is 23.2 Å². The lowest BCUT2D eigenvalue weighted by molar-refractivity contribution is 0.451. The third-order valence-electron chi connectivity index (χ3n) is 2.72. The fourth-order valence-corrected chi connectivity index (χ4v) is 2.18. The molecule has 1 aromatic carbocycles. The predicted molar refractivity (Wildman–Crippen MR) is 77.4 cm³/mol. The fourth-order valence-electron chi connectivity index (χ4n) is 1.72. The van der Waals surface area contributed by atoms with Crippen LogP contribution >= 0.6 is 23.2 Å². The first kappa shape index (κ1) is 14.1. The molecule has 0 bridgehead atoms. The summed E-state index contributed by atoms with van der Waals surface area (Å²) in [5.41, 5.74) is 1.75. The van der Waals surface area contributed by atoms with E-state index in [1.165, 1.54) is 6.33 Å². The van der Waals surface area contributed by atoms with Gasteiger partial charge in [-0.3, -0.25) is 0 Å². The number of benzene rings is 1. The summed E-state index contributed by atoms with van der Waals surface area (Å²) in [5, 5.41) is 1.13. The second-order valence-electron chi connectivity index (χ2n) is 4.55. The van der Waals surface area contributed by atoms with E-state index in [4.69, 9.17) is 27.9 Å². The number of nitrogens with zero attached hydrogens (tertiary/aromatic N) is 2. The van der Waals surface area contributed by atoms with E-state index in [1.54, 1.807) is 12.1 Å². The topological polar surface area (TPSA) is 35.0 Å². The molecule has 0 radical (unpaired) electrons. The van der Waals surface area contributed by atoms with Crippen molar-refractivity contribution in [3.05, 3.63) is 45.8 Å². The van der Waals surface area contributed by atoms with Crippen LogP contribution in [0.3, 0.4) is 0 Å². The third kappa shape index (κ3) is 3.17. The highest BCUT2D eigenvalue weighted by atomic mass is 35.5. The summed E-state index contributed by atoms with van der Waals surface area (Å²) in [6.45, 7) is 5.96. The van der Waals surface area contributed by atoms with Crippen molar-refractivity contribution in [1.29, 1.82) is 0 Å². The zero-order valence-corrected chi connectivity index (χ0v) is 12.5. The van der Waals surface area contributed by atoms with Gasteiger partial charge in [-0.05, 0) is 36.6 Å². The smallest absolute Gasteiger partial charge is 0.227 e. The van der Waals surface area contributed by atoms with Crippen molar-refractivity contribution in [3.8, 4) is 11.6 Å². The second kappa shape index (κ2) is 5.76. The maximum atomic E-state index is 6.09. The molecule has 0 spiro atoms. The molecule has 1 aromatic heterocycles. The molecule has 0 unspecified atom stereocenters. The minimum atomic E-state index is 0.178. The largest absolute Gasteiger partial charge is 0.439 e. The zero-order chi connectivity index (χ0) is 14.0. The number of halogens is 2. The number of aromatic nitrogens is 2. The molecule has 0 saturated carbocycles. The molecule has 3 nitrogen and oxygen atoms in total. The molecule has 2 aromatic rings. The van der Waals surface area contributed by atoms with Gasteiger partial charge in [-0.1, -0.05) is 37.0 Å². The van der Waals surface area contributed by atoms with E-state index in [0.29, 0.717) is 21.8 Å². The summed E-state index contributed by atoms with van der Waals surface area (Å²) in [7, 11) is 0. The van der Waals surface area contributed by atoms with Crippen LogP contribution < -0.4 is 4.74 Å². The molecule has 19 heavy (non-hydrogen) atoms. The normalized spacial score (nSPS) is 10.8. The highest BCUT2D eigenvalue weighted by Crippen LogP contribution is 2.33. The van der Waals surface area contributed by atoms with Crippen LogP contribution in [0.15, 0.2) is 24.5 Å². The minimum absolute atomic E-state index is 0.178. The van der Waals surface area contributed by atoms with E-state index in [0.717, 1.165) is 11.1 Å². The minimum Gasteiger partial charge on any atom is -0.439 e. The SMILES string of the molecule is Cc1cc(Oc2ncnc(Cl)c2C(C)C)ccc1Cl. The van der Waals surface area contributed by atoms with E-state index >= 15 is 0 Å². The summed E-state index contributed by atoms with van der Waals surface area (Å²) in [6, 6.07) is 5.46. The molecule has 2 rings (SSSR count). The maximum Gasteiger partial charge on any atom is 0.227 e. The Morgan fingerprint density at radius 1 is 1.16 bits per heavy atom. The van der Waals surface area contributed by atoms with Gasteiger partial charge in [-0.15, -0.1) is 0 Å². The Morgan fingerprint density at radius 2 is 1.89 bits per heavy atom. The molecule has 0 aliphatic carbocycles. The highest BCUT2D eigenvalue weighted by molar-refractivity contribution is 6.31. The number of aryl methyl sites for hydroxylation is 1. The van der Waals surface area contributed by atoms with Crippen LogP contribution in [0.5, 0.6) is 11.6 Å². The molecule has 0 amide bonds. The Morgan fingerprint density at radius 3 is 2.53 bits per heavy atom. The van der Waals surface area contributed by atoms with Crippen molar-refractivity contribution in [2.24, 2.45) is 0 Å². The molecule has 0 aliphatic rings. The second-order valence-corrected chi connectivity index (χ2v) is 5.32. The third-order valence-corrected chi connectivity index (χ3v) is 3.45. The number of hydrogen-bond acceptors (Lipinski definition) is 3. The molecule has 100 valence electrons. The van der Waals surface area contributed by atoms with Crippen LogP contribution in [0.4, 0.5) is 0 Å². The van der Waals surface area contributed by atoms with Crippen molar-refractivity contribution in [2.75, 3.05) is 0 Å². The van der Waals surface area contributed by atoms with Crippen molar-refractivity contribution in [1.82, 2.24) is 9.97 Å². The van der Waals surface area contributed by atoms with Crippen molar-refractivity contribution in [2.45, 2.75) is 26.7 Å². The molecule has 5 heteroatoms. The highest BCUT2D eigenvalue weighted by Gasteiger charge is 2.15. The van der Waals surface area contributed by atoms with Gasteiger partial charge in [0.2, 0.25) is 5.88 Å². The monoisotopic (exact) mass is 296 g/mol. The van der Waals surface area contributed by atoms with E-state index in [2.05, 4.69) is 9.97 Å². The van der Waals surface area contributed by atoms with Crippen LogP contribution in [0.1, 0.15) is 30.9 Å². The Balaban J connectivity index is 2.38. The Labute approximate surface area is 122 Å². The summed E-state index contributed by atoms with van der Waals surface area (Å²) >= 11 is 12.1. The van der Waals surface area contributed by atoms with Crippen LogP contribution in [0.2, 0.25) is 10.2 Å². The van der Waals surface area contributed by atoms with Crippen LogP contribution in [0.25, 0.3) is 0 Å². The molecule has 0 saturated heterocycles. The average Bonchev–Trinajstić information content (AvgIpc) is 2.33. The van der Waals surface area contributed by atoms with Crippen LogP contribution in [0, 0.1) is 6.92 Å². The van der Waals surface area contributed by atoms with Crippen LogP contribution in [-0.2, 0) is 0 Å². The van der Waals surface area contributed by atoms with Crippen LogP contribution in [-0.4, -0.2) is 9.97 Å². The lowest BCUT2D eigenvalue weighted by Gasteiger charge is -2.13.